The molecule has 3 amide bonds. The van der Waals surface area contributed by atoms with E-state index in [1.807, 2.05) is 84.9 Å². The molecule has 1 aliphatic rings. The number of hydrogen-bond acceptors (Lipinski definition) is 3. The summed E-state index contributed by atoms with van der Waals surface area (Å²) in [6.07, 6.45) is 5.32. The van der Waals surface area contributed by atoms with Crippen LogP contribution in [0.3, 0.4) is 0 Å². The molecule has 4 aromatic rings. The van der Waals surface area contributed by atoms with Gasteiger partial charge in [0, 0.05) is 36.1 Å². The van der Waals surface area contributed by atoms with Crippen molar-refractivity contribution < 1.29 is 14.4 Å². The first-order chi connectivity index (χ1) is 19.1. The summed E-state index contributed by atoms with van der Waals surface area (Å²) in [6, 6.07) is 26.0. The molecule has 1 saturated carbocycles. The third-order valence-electron chi connectivity index (χ3n) is 7.48. The van der Waals surface area contributed by atoms with Gasteiger partial charge in [0.05, 0.1) is 11.5 Å². The molecule has 39 heavy (non-hydrogen) atoms. The Morgan fingerprint density at radius 2 is 1.49 bits per heavy atom. The molecule has 0 spiro atoms. The third-order valence-corrected chi connectivity index (χ3v) is 7.48. The van der Waals surface area contributed by atoms with Crippen LogP contribution in [-0.2, 0) is 22.6 Å². The Balaban J connectivity index is 1.28. The second-order valence-electron chi connectivity index (χ2n) is 10.2. The van der Waals surface area contributed by atoms with Crippen LogP contribution in [0, 0.1) is 5.92 Å². The van der Waals surface area contributed by atoms with Crippen LogP contribution in [0.2, 0.25) is 0 Å². The fourth-order valence-electron chi connectivity index (χ4n) is 5.37. The van der Waals surface area contributed by atoms with Crippen LogP contribution in [0.25, 0.3) is 10.9 Å². The minimum atomic E-state index is -0.726. The van der Waals surface area contributed by atoms with Crippen LogP contribution in [-0.4, -0.2) is 34.8 Å². The fraction of sp³-hybridized carbons (Fsp3) is 0.281. The maximum absolute atomic E-state index is 13.6. The minimum absolute atomic E-state index is 0.196. The van der Waals surface area contributed by atoms with E-state index in [2.05, 4.69) is 20.9 Å². The molecule has 5 rings (SSSR count). The Kier molecular flexibility index (Phi) is 8.36. The average molecular weight is 523 g/mol. The lowest BCUT2D eigenvalue weighted by Crippen LogP contribution is -2.54. The summed E-state index contributed by atoms with van der Waals surface area (Å²) in [5, 5.41) is 9.98. The summed E-state index contributed by atoms with van der Waals surface area (Å²) in [7, 11) is 0. The van der Waals surface area contributed by atoms with Crippen molar-refractivity contribution >= 4 is 28.6 Å². The maximum Gasteiger partial charge on any atom is 0.253 e. The molecule has 0 saturated heterocycles. The summed E-state index contributed by atoms with van der Waals surface area (Å²) < 4.78 is 0. The Bertz CT molecular complexity index is 1420. The summed E-state index contributed by atoms with van der Waals surface area (Å²) in [5.41, 5.74) is 3.41. The molecule has 1 aromatic heterocycles. The SMILES string of the molecule is O=C(N[C@H]1CCCC[C@H]1C(=O)N[C@@H](Cc1ccccc1)C(=O)NCc1ccccc1)c1c[nH]c2ccccc12. The lowest BCUT2D eigenvalue weighted by atomic mass is 9.83. The molecule has 0 unspecified atom stereocenters. The molecule has 0 bridgehead atoms. The number of para-hydroxylation sites is 1. The molecule has 1 aliphatic carbocycles. The number of carbonyl (C=O) groups is 3. The van der Waals surface area contributed by atoms with E-state index in [-0.39, 0.29) is 23.8 Å². The van der Waals surface area contributed by atoms with Crippen molar-refractivity contribution in [2.75, 3.05) is 0 Å². The third kappa shape index (κ3) is 6.55. The van der Waals surface area contributed by atoms with Gasteiger partial charge in [-0.15, -0.1) is 0 Å². The lowest BCUT2D eigenvalue weighted by Gasteiger charge is -2.32. The smallest absolute Gasteiger partial charge is 0.253 e. The summed E-state index contributed by atoms with van der Waals surface area (Å²) in [6.45, 7) is 0.383. The van der Waals surface area contributed by atoms with Crippen molar-refractivity contribution in [3.8, 4) is 0 Å². The zero-order valence-electron chi connectivity index (χ0n) is 21.9. The van der Waals surface area contributed by atoms with Gasteiger partial charge in [-0.3, -0.25) is 14.4 Å². The van der Waals surface area contributed by atoms with E-state index >= 15 is 0 Å². The largest absolute Gasteiger partial charge is 0.360 e. The molecule has 1 fully saturated rings. The second-order valence-corrected chi connectivity index (χ2v) is 10.2. The Hall–Kier alpha value is -4.39. The molecule has 0 radical (unpaired) electrons. The van der Waals surface area contributed by atoms with Gasteiger partial charge in [0.1, 0.15) is 6.04 Å². The molecule has 1 heterocycles. The Morgan fingerprint density at radius 1 is 0.821 bits per heavy atom. The number of aromatic amines is 1. The van der Waals surface area contributed by atoms with Gasteiger partial charge in [0.25, 0.3) is 5.91 Å². The number of nitrogens with one attached hydrogen (secondary N) is 4. The standard InChI is InChI=1S/C32H34N4O3/c37-30(25-16-8-10-18-28(25)35-31(38)26-21-33-27-17-9-7-15-24(26)27)36-29(19-22-11-3-1-4-12-22)32(39)34-20-23-13-5-2-6-14-23/h1-7,9,11-15,17,21,25,28-29,33H,8,10,16,18-20H2,(H,34,39)(H,35,38)(H,36,37)/t25-,28+,29+/m1/s1. The number of aromatic nitrogens is 1. The van der Waals surface area contributed by atoms with Gasteiger partial charge in [0.15, 0.2) is 0 Å². The quantitative estimate of drug-likeness (QED) is 0.260. The number of benzene rings is 3. The summed E-state index contributed by atoms with van der Waals surface area (Å²) in [5.74, 6) is -1.03. The molecule has 7 nitrogen and oxygen atoms in total. The van der Waals surface area contributed by atoms with E-state index in [1.165, 1.54) is 0 Å². The van der Waals surface area contributed by atoms with Crippen LogP contribution in [0.4, 0.5) is 0 Å². The predicted octanol–water partition coefficient (Wildman–Crippen LogP) is 4.50. The van der Waals surface area contributed by atoms with Gasteiger partial charge < -0.3 is 20.9 Å². The number of H-pyrrole nitrogens is 1. The summed E-state index contributed by atoms with van der Waals surface area (Å²) in [4.78, 5) is 43.3. The van der Waals surface area contributed by atoms with Crippen LogP contribution in [0.15, 0.2) is 91.1 Å². The van der Waals surface area contributed by atoms with Gasteiger partial charge in [-0.25, -0.2) is 0 Å². The highest BCUT2D eigenvalue weighted by Gasteiger charge is 2.34. The van der Waals surface area contributed by atoms with Crippen molar-refractivity contribution in [2.45, 2.75) is 50.7 Å². The van der Waals surface area contributed by atoms with E-state index in [4.69, 9.17) is 0 Å². The van der Waals surface area contributed by atoms with E-state index < -0.39 is 12.0 Å². The van der Waals surface area contributed by atoms with Gasteiger partial charge in [-0.2, -0.15) is 0 Å². The van der Waals surface area contributed by atoms with Crippen LogP contribution in [0.5, 0.6) is 0 Å². The number of hydrogen-bond donors (Lipinski definition) is 4. The highest BCUT2D eigenvalue weighted by Crippen LogP contribution is 2.26. The van der Waals surface area contributed by atoms with Crippen LogP contribution in [0.1, 0.15) is 47.2 Å². The second kappa shape index (κ2) is 12.4. The topological polar surface area (TPSA) is 103 Å². The van der Waals surface area contributed by atoms with E-state index in [0.717, 1.165) is 41.3 Å². The maximum atomic E-state index is 13.6. The first-order valence-electron chi connectivity index (χ1n) is 13.6. The normalized spacial score (nSPS) is 17.7. The van der Waals surface area contributed by atoms with Crippen molar-refractivity contribution in [3.63, 3.8) is 0 Å². The van der Waals surface area contributed by atoms with Gasteiger partial charge in [0.2, 0.25) is 11.8 Å². The first-order valence-corrected chi connectivity index (χ1v) is 13.6. The van der Waals surface area contributed by atoms with E-state index in [0.29, 0.717) is 24.9 Å². The van der Waals surface area contributed by atoms with Gasteiger partial charge >= 0.3 is 0 Å². The molecular weight excluding hydrogens is 488 g/mol. The number of rotatable bonds is 9. The number of amides is 3. The number of carbonyl (C=O) groups excluding carboxylic acids is 3. The van der Waals surface area contributed by atoms with E-state index in [9.17, 15) is 14.4 Å². The van der Waals surface area contributed by atoms with Crippen molar-refractivity contribution in [1.82, 2.24) is 20.9 Å². The molecule has 3 aromatic carbocycles. The van der Waals surface area contributed by atoms with E-state index in [1.54, 1.807) is 6.20 Å². The molecule has 3 atom stereocenters. The van der Waals surface area contributed by atoms with Crippen molar-refractivity contribution in [3.05, 3.63) is 108 Å². The number of fused-ring (bicyclic) bond motifs is 1. The zero-order chi connectivity index (χ0) is 27.0. The molecule has 4 N–H and O–H groups in total. The van der Waals surface area contributed by atoms with Gasteiger partial charge in [-0.05, 0) is 30.0 Å². The monoisotopic (exact) mass is 522 g/mol. The van der Waals surface area contributed by atoms with Gasteiger partial charge in [-0.1, -0.05) is 91.7 Å². The van der Waals surface area contributed by atoms with Crippen LogP contribution < -0.4 is 16.0 Å². The fourth-order valence-corrected chi connectivity index (χ4v) is 5.37. The Labute approximate surface area is 228 Å². The molecular formula is C32H34N4O3. The highest BCUT2D eigenvalue weighted by molar-refractivity contribution is 6.07. The lowest BCUT2D eigenvalue weighted by molar-refractivity contribution is -0.132. The average Bonchev–Trinajstić information content (AvgIpc) is 3.41. The first kappa shape index (κ1) is 26.2. The highest BCUT2D eigenvalue weighted by atomic mass is 16.2. The van der Waals surface area contributed by atoms with Crippen LogP contribution >= 0.6 is 0 Å². The van der Waals surface area contributed by atoms with Crippen molar-refractivity contribution in [2.24, 2.45) is 5.92 Å². The molecule has 7 heteroatoms. The zero-order valence-corrected chi connectivity index (χ0v) is 21.9. The molecule has 0 aliphatic heterocycles. The van der Waals surface area contributed by atoms with Crippen molar-refractivity contribution in [1.29, 1.82) is 0 Å². The predicted molar refractivity (Wildman–Crippen MR) is 152 cm³/mol. The Morgan fingerprint density at radius 3 is 2.26 bits per heavy atom. The minimum Gasteiger partial charge on any atom is -0.360 e. The molecule has 200 valence electrons. The summed E-state index contributed by atoms with van der Waals surface area (Å²) >= 11 is 0.